The number of esters is 1. The number of rotatable bonds is 6. The maximum absolute atomic E-state index is 11.4. The number of hydrogen-bond acceptors (Lipinski definition) is 5. The van der Waals surface area contributed by atoms with Crippen LogP contribution in [0, 0.1) is 0 Å². The topological polar surface area (TPSA) is 119 Å². The number of aliphatic carboxylic acids is 1. The number of carboxylic acids is 1. The van der Waals surface area contributed by atoms with E-state index < -0.39 is 31.6 Å². The van der Waals surface area contributed by atoms with Crippen LogP contribution in [-0.4, -0.2) is 42.4 Å². The molecule has 8 heteroatoms. The summed E-state index contributed by atoms with van der Waals surface area (Å²) in [5.74, 6) is -1.87. The standard InChI is InChI=1S/C7H13N2O5P/c1-4(7(12)14-2)9-15(13)5(3-8)6(10)11/h4-5H,3,8H2,1-2H3,(H-,9,10,11,13)/p+1. The molecule has 7 nitrogen and oxygen atoms in total. The average molecular weight is 237 g/mol. The van der Waals surface area contributed by atoms with E-state index in [0.29, 0.717) is 0 Å². The molecule has 0 aromatic carbocycles. The van der Waals surface area contributed by atoms with E-state index in [1.807, 2.05) is 0 Å². The summed E-state index contributed by atoms with van der Waals surface area (Å²) in [5, 5.41) is 11.0. The molecule has 0 spiro atoms. The van der Waals surface area contributed by atoms with Gasteiger partial charge >= 0.3 is 19.9 Å². The number of methoxy groups -OCH3 is 1. The van der Waals surface area contributed by atoms with Crippen LogP contribution in [0.25, 0.3) is 0 Å². The quantitative estimate of drug-likeness (QED) is 0.412. The highest BCUT2D eigenvalue weighted by molar-refractivity contribution is 7.44. The highest BCUT2D eigenvalue weighted by Gasteiger charge is 2.39. The highest BCUT2D eigenvalue weighted by atomic mass is 31.1. The van der Waals surface area contributed by atoms with E-state index in [4.69, 9.17) is 10.8 Å². The molecule has 3 atom stereocenters. The number of ether oxygens (including phenoxy) is 1. The minimum atomic E-state index is -2.29. The van der Waals surface area contributed by atoms with Gasteiger partial charge in [-0.15, -0.1) is 0 Å². The highest BCUT2D eigenvalue weighted by Crippen LogP contribution is 2.23. The van der Waals surface area contributed by atoms with E-state index in [1.54, 1.807) is 0 Å². The van der Waals surface area contributed by atoms with Gasteiger partial charge in [0, 0.05) is 0 Å². The van der Waals surface area contributed by atoms with Crippen molar-refractivity contribution in [3.8, 4) is 0 Å². The van der Waals surface area contributed by atoms with Crippen LogP contribution in [0.15, 0.2) is 0 Å². The lowest BCUT2D eigenvalue weighted by Crippen LogP contribution is -2.36. The summed E-state index contributed by atoms with van der Waals surface area (Å²) >= 11 is 0. The second-order valence-corrected chi connectivity index (χ2v) is 4.32. The smallest absolute Gasteiger partial charge is 0.449 e. The first-order valence-electron chi connectivity index (χ1n) is 4.17. The van der Waals surface area contributed by atoms with Crippen LogP contribution >= 0.6 is 7.95 Å². The number of carbonyl (C=O) groups excluding carboxylic acids is 1. The number of hydrogen-bond donors (Lipinski definition) is 3. The summed E-state index contributed by atoms with van der Waals surface area (Å²) in [6.45, 7) is 1.17. The van der Waals surface area contributed by atoms with E-state index >= 15 is 0 Å². The fourth-order valence-electron chi connectivity index (χ4n) is 0.807. The summed E-state index contributed by atoms with van der Waals surface area (Å²) in [6.07, 6.45) is 0. The molecule has 86 valence electrons. The Kier molecular flexibility index (Phi) is 6.00. The molecule has 0 rings (SSSR count). The molecule has 0 aromatic heterocycles. The average Bonchev–Trinajstić information content (AvgIpc) is 2.16. The van der Waals surface area contributed by atoms with Gasteiger partial charge in [-0.1, -0.05) is 5.09 Å². The van der Waals surface area contributed by atoms with Gasteiger partial charge in [0.05, 0.1) is 13.7 Å². The Morgan fingerprint density at radius 2 is 2.13 bits per heavy atom. The molecule has 4 N–H and O–H groups in total. The summed E-state index contributed by atoms with van der Waals surface area (Å²) < 4.78 is 15.8. The van der Waals surface area contributed by atoms with Crippen molar-refractivity contribution in [2.75, 3.05) is 13.7 Å². The molecule has 0 saturated heterocycles. The maximum atomic E-state index is 11.4. The molecule has 0 aliphatic carbocycles. The summed E-state index contributed by atoms with van der Waals surface area (Å²) in [6, 6.07) is -0.827. The van der Waals surface area contributed by atoms with Crippen molar-refractivity contribution in [1.29, 1.82) is 0 Å². The first-order valence-corrected chi connectivity index (χ1v) is 5.50. The number of nitrogens with two attached hydrogens (primary N) is 1. The third-order valence-electron chi connectivity index (χ3n) is 1.67. The molecule has 0 aliphatic heterocycles. The van der Waals surface area contributed by atoms with Crippen molar-refractivity contribution in [3.05, 3.63) is 0 Å². The molecular weight excluding hydrogens is 223 g/mol. The number of carbonyl (C=O) groups is 2. The van der Waals surface area contributed by atoms with Crippen molar-refractivity contribution >= 4 is 19.9 Å². The van der Waals surface area contributed by atoms with Crippen molar-refractivity contribution in [2.45, 2.75) is 18.6 Å². The van der Waals surface area contributed by atoms with Crippen LogP contribution < -0.4 is 10.8 Å². The van der Waals surface area contributed by atoms with Gasteiger partial charge in [-0.05, 0) is 11.5 Å². The molecule has 15 heavy (non-hydrogen) atoms. The van der Waals surface area contributed by atoms with Crippen molar-refractivity contribution in [3.63, 3.8) is 0 Å². The molecule has 0 saturated carbocycles. The van der Waals surface area contributed by atoms with E-state index in [1.165, 1.54) is 14.0 Å². The molecule has 0 aliphatic rings. The zero-order valence-corrected chi connectivity index (χ0v) is 9.36. The van der Waals surface area contributed by atoms with Crippen LogP contribution in [0.2, 0.25) is 0 Å². The minimum Gasteiger partial charge on any atom is -0.478 e. The SMILES string of the molecule is COC(=O)C(C)N[P+](=O)C(CN)C(=O)O. The Bertz CT molecular complexity index is 270. The predicted octanol–water partition coefficient (Wildman–Crippen LogP) is -0.708. The first-order chi connectivity index (χ1) is 6.93. The van der Waals surface area contributed by atoms with Gasteiger partial charge < -0.3 is 15.6 Å². The Morgan fingerprint density at radius 3 is 2.47 bits per heavy atom. The Labute approximate surface area is 87.8 Å². The lowest BCUT2D eigenvalue weighted by atomic mass is 10.4. The fourth-order valence-corrected chi connectivity index (χ4v) is 1.87. The Hall–Kier alpha value is -1.04. The largest absolute Gasteiger partial charge is 0.478 e. The molecule has 0 aromatic rings. The monoisotopic (exact) mass is 237 g/mol. The van der Waals surface area contributed by atoms with E-state index in [0.717, 1.165) is 0 Å². The maximum Gasteiger partial charge on any atom is 0.449 e. The first kappa shape index (κ1) is 14.0. The number of carboxylic acid groups (broad SMARTS) is 1. The second kappa shape index (κ2) is 6.44. The van der Waals surface area contributed by atoms with Gasteiger partial charge in [0.2, 0.25) is 0 Å². The molecule has 3 unspecified atom stereocenters. The normalized spacial score (nSPS) is 15.3. The molecule has 0 amide bonds. The molecular formula is C7H14N2O5P+. The van der Waals surface area contributed by atoms with Gasteiger partial charge in [-0.25, -0.2) is 4.79 Å². The predicted molar refractivity (Wildman–Crippen MR) is 52.7 cm³/mol. The lowest BCUT2D eigenvalue weighted by Gasteiger charge is -2.05. The van der Waals surface area contributed by atoms with Crippen LogP contribution in [0.3, 0.4) is 0 Å². The van der Waals surface area contributed by atoms with Gasteiger partial charge in [0.1, 0.15) is 6.04 Å². The number of nitrogens with one attached hydrogen (secondary N) is 1. The Morgan fingerprint density at radius 1 is 1.60 bits per heavy atom. The third-order valence-corrected chi connectivity index (χ3v) is 3.31. The van der Waals surface area contributed by atoms with Gasteiger partial charge in [0.25, 0.3) is 5.66 Å². The van der Waals surface area contributed by atoms with Gasteiger partial charge in [-0.3, -0.25) is 4.79 Å². The van der Waals surface area contributed by atoms with Gasteiger partial charge in [0.15, 0.2) is 0 Å². The molecule has 0 fully saturated rings. The zero-order valence-electron chi connectivity index (χ0n) is 8.47. The summed E-state index contributed by atoms with van der Waals surface area (Å²) in [5.41, 5.74) is 3.94. The van der Waals surface area contributed by atoms with Crippen LogP contribution in [0.1, 0.15) is 6.92 Å². The van der Waals surface area contributed by atoms with E-state index in [2.05, 4.69) is 9.82 Å². The van der Waals surface area contributed by atoms with Crippen molar-refractivity contribution in [1.82, 2.24) is 5.09 Å². The van der Waals surface area contributed by atoms with E-state index in [9.17, 15) is 14.2 Å². The Balaban J connectivity index is 4.34. The summed E-state index contributed by atoms with van der Waals surface area (Å²) in [7, 11) is -1.10. The van der Waals surface area contributed by atoms with Crippen LogP contribution in [-0.2, 0) is 18.9 Å². The zero-order chi connectivity index (χ0) is 12.0. The summed E-state index contributed by atoms with van der Waals surface area (Å²) in [4.78, 5) is 21.5. The van der Waals surface area contributed by atoms with Crippen LogP contribution in [0.4, 0.5) is 0 Å². The molecule has 0 heterocycles. The fraction of sp³-hybridized carbons (Fsp3) is 0.714. The minimum absolute atomic E-state index is 0.259. The van der Waals surface area contributed by atoms with Gasteiger partial charge in [-0.2, -0.15) is 0 Å². The molecule has 0 bridgehead atoms. The van der Waals surface area contributed by atoms with Crippen LogP contribution in [0.5, 0.6) is 0 Å². The van der Waals surface area contributed by atoms with Crippen molar-refractivity contribution < 1.29 is 24.0 Å². The van der Waals surface area contributed by atoms with Crippen molar-refractivity contribution in [2.24, 2.45) is 5.73 Å². The second-order valence-electron chi connectivity index (χ2n) is 2.79. The molecule has 0 radical (unpaired) electrons. The van der Waals surface area contributed by atoms with E-state index in [-0.39, 0.29) is 6.54 Å². The lowest BCUT2D eigenvalue weighted by molar-refractivity contribution is -0.142. The third kappa shape index (κ3) is 4.33.